The van der Waals surface area contributed by atoms with E-state index < -0.39 is 97.2 Å². The normalized spacial score (nSPS) is 51.8. The van der Waals surface area contributed by atoms with E-state index in [1.54, 1.807) is 0 Å². The van der Waals surface area contributed by atoms with Crippen LogP contribution in [0.5, 0.6) is 0 Å². The van der Waals surface area contributed by atoms with Crippen molar-refractivity contribution < 1.29 is 69.3 Å². The van der Waals surface area contributed by atoms with Crippen LogP contribution in [-0.4, -0.2) is 154 Å². The highest BCUT2D eigenvalue weighted by molar-refractivity contribution is 5.21. The number of hydrogen-bond donors (Lipinski definition) is 8. The van der Waals surface area contributed by atoms with Crippen molar-refractivity contribution in [3.63, 3.8) is 0 Å². The van der Waals surface area contributed by atoms with Crippen molar-refractivity contribution >= 4 is 0 Å². The van der Waals surface area contributed by atoms with E-state index in [0.717, 1.165) is 25.7 Å². The molecule has 0 amide bonds. The lowest BCUT2D eigenvalue weighted by molar-refractivity contribution is -0.310. The van der Waals surface area contributed by atoms with Crippen LogP contribution < -0.4 is 0 Å². The molecule has 4 unspecified atom stereocenters. The largest absolute Gasteiger partial charge is 0.394 e. The van der Waals surface area contributed by atoms with E-state index in [0.29, 0.717) is 19.3 Å². The van der Waals surface area contributed by atoms with Crippen LogP contribution >= 0.6 is 0 Å². The van der Waals surface area contributed by atoms with Crippen LogP contribution in [0.1, 0.15) is 86.0 Å². The monoisotopic (exact) mass is 774 g/mol. The third-order valence-corrected chi connectivity index (χ3v) is 15.6. The molecule has 14 nitrogen and oxygen atoms in total. The van der Waals surface area contributed by atoms with Gasteiger partial charge in [0.1, 0.15) is 36.6 Å². The Labute approximate surface area is 320 Å². The molecule has 314 valence electrons. The molecule has 0 aromatic rings. The lowest BCUT2D eigenvalue weighted by atomic mass is 9.42. The van der Waals surface area contributed by atoms with Gasteiger partial charge in [0, 0.05) is 26.6 Å². The van der Waals surface area contributed by atoms with E-state index in [-0.39, 0.29) is 60.6 Å². The predicted octanol–water partition coefficient (Wildman–Crippen LogP) is 0.949. The second kappa shape index (κ2) is 16.6. The summed E-state index contributed by atoms with van der Waals surface area (Å²) in [5.41, 5.74) is -2.26. The number of ether oxygens (including phenoxy) is 6. The zero-order chi connectivity index (χ0) is 39.5. The first-order valence-electron chi connectivity index (χ1n) is 20.5. The summed E-state index contributed by atoms with van der Waals surface area (Å²) in [6, 6.07) is 0. The van der Waals surface area contributed by atoms with Gasteiger partial charge in [0.25, 0.3) is 0 Å². The van der Waals surface area contributed by atoms with Gasteiger partial charge in [-0.25, -0.2) is 0 Å². The van der Waals surface area contributed by atoms with Crippen molar-refractivity contribution in [3.8, 4) is 0 Å². The van der Waals surface area contributed by atoms with Crippen molar-refractivity contribution in [2.24, 2.45) is 52.3 Å². The van der Waals surface area contributed by atoms with Crippen LogP contribution in [0.4, 0.5) is 0 Å². The van der Waals surface area contributed by atoms with Gasteiger partial charge in [0.2, 0.25) is 0 Å². The Bertz CT molecular complexity index is 1240. The first kappa shape index (κ1) is 43.0. The maximum atomic E-state index is 12.7. The van der Waals surface area contributed by atoms with Gasteiger partial charge in [0.05, 0.1) is 49.8 Å². The Hall–Kier alpha value is -0.560. The molecule has 4 aliphatic carbocycles. The Morgan fingerprint density at radius 1 is 0.815 bits per heavy atom. The SMILES string of the molecule is CO[C@H]1[C@H](O[C@H]2[C@H](OCC(CC[C@@H](C)[C@H]3[C@@H](O)[C@@H](O)C4[C@]5(O)C[C@H](O)C6C[C@@H](O)CC[C@]6(C)C5CC[C@@]43C)C(C)C)O[C@@H](CO)[C@@H]2O)OC[C@@H](OC)[C@@H]1O. The van der Waals surface area contributed by atoms with E-state index in [9.17, 15) is 40.9 Å². The van der Waals surface area contributed by atoms with Crippen molar-refractivity contribution in [3.05, 3.63) is 0 Å². The molecule has 2 aliphatic heterocycles. The molecule has 14 heteroatoms. The minimum atomic E-state index is -1.34. The summed E-state index contributed by atoms with van der Waals surface area (Å²) in [6.07, 6.45) is -6.32. The molecular formula is C40H70O14. The molecule has 0 aromatic carbocycles. The van der Waals surface area contributed by atoms with Gasteiger partial charge < -0.3 is 69.3 Å². The molecule has 21 atom stereocenters. The molecule has 0 aromatic heterocycles. The van der Waals surface area contributed by atoms with E-state index in [2.05, 4.69) is 34.6 Å². The second-order valence-corrected chi connectivity index (χ2v) is 18.8. The van der Waals surface area contributed by atoms with Crippen LogP contribution in [-0.2, 0) is 28.4 Å². The molecule has 0 radical (unpaired) electrons. The minimum absolute atomic E-state index is 0.0103. The number of aliphatic hydroxyl groups excluding tert-OH is 7. The summed E-state index contributed by atoms with van der Waals surface area (Å²) in [5.74, 6) is -0.897. The van der Waals surface area contributed by atoms with E-state index >= 15 is 0 Å². The van der Waals surface area contributed by atoms with Gasteiger partial charge in [-0.3, -0.25) is 0 Å². The highest BCUT2D eigenvalue weighted by atomic mass is 16.8. The lowest BCUT2D eigenvalue weighted by Crippen LogP contribution is -2.68. The minimum Gasteiger partial charge on any atom is -0.394 e. The van der Waals surface area contributed by atoms with Gasteiger partial charge in [-0.15, -0.1) is 0 Å². The fourth-order valence-electron chi connectivity index (χ4n) is 12.6. The second-order valence-electron chi connectivity index (χ2n) is 18.8. The van der Waals surface area contributed by atoms with E-state index in [4.69, 9.17) is 28.4 Å². The van der Waals surface area contributed by atoms with E-state index in [1.807, 2.05) is 0 Å². The van der Waals surface area contributed by atoms with Crippen molar-refractivity contribution in [1.82, 2.24) is 0 Å². The lowest BCUT2D eigenvalue weighted by Gasteiger charge is -2.65. The standard InChI is InChI=1S/C40H70O14/c1-19(2)21(17-51-37-34(29(44)25(16-41)53-37)54-36-33(50-7)30(45)26(49-6)18-52-36)9-8-20(3)28-31(46)32(47)35-39(28,5)13-11-27-38(4)12-10-22(42)14-23(38)24(43)15-40(27,35)48/h19-37,41-48H,8-18H2,1-7H3/t20-,21?,22+,23?,24+,25+,26-,27?,28+,29+,30+,31-,32-,33-,34-,35?,36+,37-,38+,39-,40+/m1/s1. The highest BCUT2D eigenvalue weighted by Crippen LogP contribution is 2.70. The highest BCUT2D eigenvalue weighted by Gasteiger charge is 2.72. The van der Waals surface area contributed by atoms with Crippen molar-refractivity contribution in [2.45, 2.75) is 165 Å². The van der Waals surface area contributed by atoms with Crippen LogP contribution in [0.2, 0.25) is 0 Å². The van der Waals surface area contributed by atoms with Crippen LogP contribution in [0.3, 0.4) is 0 Å². The Balaban J connectivity index is 1.11. The molecule has 4 saturated carbocycles. The molecule has 6 fully saturated rings. The molecule has 6 aliphatic rings. The quantitative estimate of drug-likeness (QED) is 0.131. The molecule has 0 bridgehead atoms. The maximum absolute atomic E-state index is 12.7. The van der Waals surface area contributed by atoms with Gasteiger partial charge >= 0.3 is 0 Å². The first-order chi connectivity index (χ1) is 25.5. The van der Waals surface area contributed by atoms with Crippen LogP contribution in [0.25, 0.3) is 0 Å². The summed E-state index contributed by atoms with van der Waals surface area (Å²) >= 11 is 0. The smallest absolute Gasteiger partial charge is 0.187 e. The third-order valence-electron chi connectivity index (χ3n) is 15.6. The first-order valence-corrected chi connectivity index (χ1v) is 20.5. The summed E-state index contributed by atoms with van der Waals surface area (Å²) in [4.78, 5) is 0. The topological polar surface area (TPSA) is 217 Å². The number of rotatable bonds is 13. The summed E-state index contributed by atoms with van der Waals surface area (Å²) < 4.78 is 34.9. The predicted molar refractivity (Wildman–Crippen MR) is 193 cm³/mol. The fraction of sp³-hybridized carbons (Fsp3) is 1.00. The third kappa shape index (κ3) is 7.35. The summed E-state index contributed by atoms with van der Waals surface area (Å²) in [6.45, 7) is 10.4. The number of fused-ring (bicyclic) bond motifs is 5. The van der Waals surface area contributed by atoms with Crippen molar-refractivity contribution in [1.29, 1.82) is 0 Å². The number of methoxy groups -OCH3 is 2. The van der Waals surface area contributed by atoms with Crippen LogP contribution in [0, 0.1) is 52.3 Å². The zero-order valence-corrected chi connectivity index (χ0v) is 33.3. The Morgan fingerprint density at radius 3 is 2.17 bits per heavy atom. The van der Waals surface area contributed by atoms with Crippen LogP contribution in [0.15, 0.2) is 0 Å². The fourth-order valence-corrected chi connectivity index (χ4v) is 12.6. The molecule has 2 heterocycles. The molecule has 54 heavy (non-hydrogen) atoms. The molecule has 0 spiro atoms. The van der Waals surface area contributed by atoms with Gasteiger partial charge in [-0.05, 0) is 91.3 Å². The number of hydrogen-bond acceptors (Lipinski definition) is 14. The van der Waals surface area contributed by atoms with Gasteiger partial charge in [-0.1, -0.05) is 34.6 Å². The summed E-state index contributed by atoms with van der Waals surface area (Å²) in [5, 5.41) is 89.8. The summed E-state index contributed by atoms with van der Waals surface area (Å²) in [7, 11) is 2.89. The average molecular weight is 775 g/mol. The molecule has 2 saturated heterocycles. The Morgan fingerprint density at radius 2 is 1.52 bits per heavy atom. The molecular weight excluding hydrogens is 704 g/mol. The van der Waals surface area contributed by atoms with Gasteiger partial charge in [-0.2, -0.15) is 0 Å². The zero-order valence-electron chi connectivity index (χ0n) is 33.3. The number of aliphatic hydroxyl groups is 8. The molecule has 8 N–H and O–H groups in total. The Kier molecular flexibility index (Phi) is 13.2. The van der Waals surface area contributed by atoms with E-state index in [1.165, 1.54) is 14.2 Å². The van der Waals surface area contributed by atoms with Gasteiger partial charge in [0.15, 0.2) is 12.6 Å². The molecule has 6 rings (SSSR count). The van der Waals surface area contributed by atoms with Crippen molar-refractivity contribution in [2.75, 3.05) is 34.0 Å². The average Bonchev–Trinajstić information content (AvgIpc) is 3.53. The maximum Gasteiger partial charge on any atom is 0.187 e.